The first-order chi connectivity index (χ1) is 17.3. The molecule has 0 radical (unpaired) electrons. The van der Waals surface area contributed by atoms with Crippen LogP contribution in [0.15, 0.2) is 66.9 Å². The van der Waals surface area contributed by atoms with Crippen LogP contribution >= 0.6 is 0 Å². The molecule has 1 aromatic heterocycles. The summed E-state index contributed by atoms with van der Waals surface area (Å²) in [5.41, 5.74) is 4.92. The van der Waals surface area contributed by atoms with Gasteiger partial charge in [0.15, 0.2) is 5.78 Å². The van der Waals surface area contributed by atoms with Crippen molar-refractivity contribution in [1.29, 1.82) is 0 Å². The van der Waals surface area contributed by atoms with Crippen molar-refractivity contribution in [3.63, 3.8) is 0 Å². The predicted molar refractivity (Wildman–Crippen MR) is 141 cm³/mol. The summed E-state index contributed by atoms with van der Waals surface area (Å²) in [5, 5.41) is 11.2. The van der Waals surface area contributed by atoms with E-state index >= 15 is 0 Å². The molecule has 4 nitrogen and oxygen atoms in total. The number of aromatic nitrogens is 1. The summed E-state index contributed by atoms with van der Waals surface area (Å²) >= 11 is 0. The van der Waals surface area contributed by atoms with Gasteiger partial charge < -0.3 is 5.11 Å². The fraction of sp³-hybridized carbons (Fsp3) is 0.406. The van der Waals surface area contributed by atoms with Gasteiger partial charge in [-0.05, 0) is 79.3 Å². The summed E-state index contributed by atoms with van der Waals surface area (Å²) in [4.78, 5) is 30.8. The van der Waals surface area contributed by atoms with E-state index in [1.807, 2.05) is 44.2 Å². The summed E-state index contributed by atoms with van der Waals surface area (Å²) in [6.07, 6.45) is 6.59. The maximum atomic E-state index is 13.3. The van der Waals surface area contributed by atoms with Crippen LogP contribution in [-0.4, -0.2) is 27.3 Å². The lowest BCUT2D eigenvalue weighted by Crippen LogP contribution is -2.49. The van der Waals surface area contributed by atoms with Crippen LogP contribution in [0.5, 0.6) is 0 Å². The third-order valence-electron chi connectivity index (χ3n) is 8.76. The average molecular weight is 482 g/mol. The van der Waals surface area contributed by atoms with Crippen LogP contribution in [0.2, 0.25) is 0 Å². The zero-order chi connectivity index (χ0) is 25.3. The Morgan fingerprint density at radius 2 is 1.89 bits per heavy atom. The molecular weight excluding hydrogens is 446 g/mol. The van der Waals surface area contributed by atoms with Gasteiger partial charge in [0.2, 0.25) is 0 Å². The number of hydrogen-bond donors (Lipinski definition) is 1. The van der Waals surface area contributed by atoms with Gasteiger partial charge in [0.25, 0.3) is 0 Å². The highest BCUT2D eigenvalue weighted by Gasteiger charge is 2.51. The van der Waals surface area contributed by atoms with E-state index in [9.17, 15) is 14.7 Å². The van der Waals surface area contributed by atoms with Gasteiger partial charge in [-0.25, -0.2) is 0 Å². The topological polar surface area (TPSA) is 67.3 Å². The van der Waals surface area contributed by atoms with E-state index in [1.54, 1.807) is 6.20 Å². The van der Waals surface area contributed by atoms with Gasteiger partial charge >= 0.3 is 0 Å². The van der Waals surface area contributed by atoms with Crippen LogP contribution in [0.25, 0.3) is 0 Å². The summed E-state index contributed by atoms with van der Waals surface area (Å²) in [6, 6.07) is 20.3. The average Bonchev–Trinajstić information content (AvgIpc) is 2.99. The molecule has 5 rings (SSSR count). The van der Waals surface area contributed by atoms with Crippen molar-refractivity contribution in [3.05, 3.63) is 100 Å². The van der Waals surface area contributed by atoms with Gasteiger partial charge in [-0.1, -0.05) is 55.5 Å². The van der Waals surface area contributed by atoms with Crippen molar-refractivity contribution < 1.29 is 14.7 Å². The molecule has 0 bridgehead atoms. The van der Waals surface area contributed by atoms with E-state index in [2.05, 4.69) is 35.3 Å². The molecule has 2 aliphatic rings. The highest BCUT2D eigenvalue weighted by atomic mass is 16.3. The van der Waals surface area contributed by atoms with Crippen LogP contribution in [-0.2, 0) is 29.5 Å². The molecule has 1 N–H and O–H groups in total. The molecule has 0 aliphatic heterocycles. The van der Waals surface area contributed by atoms with E-state index in [-0.39, 0.29) is 22.9 Å². The Morgan fingerprint density at radius 3 is 2.64 bits per heavy atom. The van der Waals surface area contributed by atoms with Gasteiger partial charge in [0.1, 0.15) is 5.78 Å². The molecule has 36 heavy (non-hydrogen) atoms. The van der Waals surface area contributed by atoms with E-state index < -0.39 is 5.60 Å². The number of benzene rings is 2. The van der Waals surface area contributed by atoms with Crippen molar-refractivity contribution >= 4 is 11.6 Å². The molecule has 3 atom stereocenters. The minimum Gasteiger partial charge on any atom is -0.390 e. The Morgan fingerprint density at radius 1 is 1.08 bits per heavy atom. The van der Waals surface area contributed by atoms with Crippen molar-refractivity contribution in [1.82, 2.24) is 4.98 Å². The van der Waals surface area contributed by atoms with Gasteiger partial charge in [0, 0.05) is 42.1 Å². The molecule has 1 heterocycles. The van der Waals surface area contributed by atoms with Crippen LogP contribution < -0.4 is 0 Å². The van der Waals surface area contributed by atoms with Crippen LogP contribution in [0.3, 0.4) is 0 Å². The molecule has 3 aromatic rings. The van der Waals surface area contributed by atoms with Gasteiger partial charge in [-0.15, -0.1) is 0 Å². The molecule has 0 amide bonds. The molecule has 2 aromatic carbocycles. The molecule has 1 fully saturated rings. The van der Waals surface area contributed by atoms with Crippen molar-refractivity contribution in [2.75, 3.05) is 0 Å². The first-order valence-electron chi connectivity index (χ1n) is 13.2. The number of nitrogens with zero attached hydrogens (tertiary/aromatic N) is 1. The monoisotopic (exact) mass is 481 g/mol. The Bertz CT molecular complexity index is 1280. The lowest BCUT2D eigenvalue weighted by Gasteiger charge is -2.50. The number of aliphatic hydroxyl groups is 1. The molecule has 186 valence electrons. The Labute approximate surface area is 213 Å². The summed E-state index contributed by atoms with van der Waals surface area (Å²) in [5.74, 6) is 0.317. The Hall–Kier alpha value is -3.11. The standard InChI is InChI=1S/C32H35NO3/c1-3-31(36)13-14-32(20-23-8-5-4-6-9-23)27(21-31)19-28(34)17-26-16-25(11-12-29(26)32)30(35)18-24-10-7-15-33-22(24)2/h4-12,15-16,27,36H,3,13-14,17-21H2,1-2H3/t27-,31+,32-/m0/s1. The van der Waals surface area contributed by atoms with Crippen molar-refractivity contribution in [2.24, 2.45) is 5.92 Å². The van der Waals surface area contributed by atoms with Crippen molar-refractivity contribution in [2.45, 2.75) is 76.2 Å². The molecule has 0 spiro atoms. The first kappa shape index (κ1) is 24.6. The number of carbonyl (C=O) groups excluding carboxylic acids is 2. The predicted octanol–water partition coefficient (Wildman–Crippen LogP) is 5.75. The van der Waals surface area contributed by atoms with Gasteiger partial charge in [-0.3, -0.25) is 14.6 Å². The quantitative estimate of drug-likeness (QED) is 0.455. The number of fused-ring (bicyclic) bond motifs is 3. The van der Waals surface area contributed by atoms with Crippen LogP contribution in [0.4, 0.5) is 0 Å². The molecular formula is C32H35NO3. The van der Waals surface area contributed by atoms with E-state index in [4.69, 9.17) is 0 Å². The van der Waals surface area contributed by atoms with E-state index in [0.29, 0.717) is 37.7 Å². The Balaban J connectivity index is 1.56. The zero-order valence-electron chi connectivity index (χ0n) is 21.3. The first-order valence-corrected chi connectivity index (χ1v) is 13.2. The lowest BCUT2D eigenvalue weighted by atomic mass is 9.55. The molecule has 2 aliphatic carbocycles. The molecule has 0 saturated heterocycles. The number of hydrogen-bond acceptors (Lipinski definition) is 4. The third kappa shape index (κ3) is 4.67. The van der Waals surface area contributed by atoms with E-state index in [1.165, 1.54) is 11.1 Å². The lowest BCUT2D eigenvalue weighted by molar-refractivity contribution is -0.121. The number of Topliss-reactive ketones (excluding diaryl/α,β-unsaturated/α-hetero) is 2. The van der Waals surface area contributed by atoms with Crippen molar-refractivity contribution in [3.8, 4) is 0 Å². The molecule has 0 unspecified atom stereocenters. The summed E-state index contributed by atoms with van der Waals surface area (Å²) < 4.78 is 0. The maximum absolute atomic E-state index is 13.3. The fourth-order valence-electron chi connectivity index (χ4n) is 6.59. The second kappa shape index (κ2) is 9.74. The largest absolute Gasteiger partial charge is 0.390 e. The second-order valence-electron chi connectivity index (χ2n) is 10.9. The van der Waals surface area contributed by atoms with E-state index in [0.717, 1.165) is 36.1 Å². The third-order valence-corrected chi connectivity index (χ3v) is 8.76. The Kier molecular flexibility index (Phi) is 6.65. The minimum atomic E-state index is -0.715. The van der Waals surface area contributed by atoms with Crippen LogP contribution in [0.1, 0.15) is 77.3 Å². The fourth-order valence-corrected chi connectivity index (χ4v) is 6.59. The summed E-state index contributed by atoms with van der Waals surface area (Å²) in [7, 11) is 0. The molecule has 1 saturated carbocycles. The number of ketones is 2. The van der Waals surface area contributed by atoms with Gasteiger partial charge in [-0.2, -0.15) is 0 Å². The molecule has 4 heteroatoms. The maximum Gasteiger partial charge on any atom is 0.167 e. The highest BCUT2D eigenvalue weighted by molar-refractivity contribution is 5.98. The second-order valence-corrected chi connectivity index (χ2v) is 10.9. The minimum absolute atomic E-state index is 0.0447. The number of carbonyl (C=O) groups is 2. The summed E-state index contributed by atoms with van der Waals surface area (Å²) in [6.45, 7) is 3.96. The highest BCUT2D eigenvalue weighted by Crippen LogP contribution is 2.53. The zero-order valence-corrected chi connectivity index (χ0v) is 21.3. The normalized spacial score (nSPS) is 25.5. The number of rotatable bonds is 6. The number of aryl methyl sites for hydroxylation is 1. The smallest absolute Gasteiger partial charge is 0.167 e. The number of pyridine rings is 1. The SMILES string of the molecule is CC[C@@]1(O)CC[C@@]2(Cc3ccccc3)c3ccc(C(=O)Cc4cccnc4C)cc3CC(=O)C[C@H]2C1. The van der Waals surface area contributed by atoms with Crippen LogP contribution in [0, 0.1) is 12.8 Å². The van der Waals surface area contributed by atoms with Gasteiger partial charge in [0.05, 0.1) is 5.60 Å².